The zero-order chi connectivity index (χ0) is 22.6. The zero-order valence-electron chi connectivity index (χ0n) is 19.3. The summed E-state index contributed by atoms with van der Waals surface area (Å²) in [6.07, 6.45) is 17.2. The molecule has 0 rings (SSSR count). The van der Waals surface area contributed by atoms with Crippen molar-refractivity contribution < 1.29 is 19.1 Å². The summed E-state index contributed by atoms with van der Waals surface area (Å²) in [5, 5.41) is 11.9. The minimum absolute atomic E-state index is 0.0645. The van der Waals surface area contributed by atoms with Crippen LogP contribution in [0.15, 0.2) is 47.3 Å². The first-order chi connectivity index (χ1) is 14.5. The van der Waals surface area contributed by atoms with Gasteiger partial charge in [-0.15, -0.1) is 0 Å². The molecule has 0 saturated carbocycles. The summed E-state index contributed by atoms with van der Waals surface area (Å²) in [6.45, 7) is 7.96. The number of urea groups is 1. The first kappa shape index (κ1) is 27.9. The third-order valence-electron chi connectivity index (χ3n) is 4.65. The Morgan fingerprint density at radius 2 is 1.87 bits per heavy atom. The second-order valence-corrected chi connectivity index (χ2v) is 7.08. The van der Waals surface area contributed by atoms with Crippen LogP contribution in [0.2, 0.25) is 0 Å². The fourth-order valence-electron chi connectivity index (χ4n) is 2.89. The van der Waals surface area contributed by atoms with E-state index in [0.717, 1.165) is 65.0 Å². The van der Waals surface area contributed by atoms with Gasteiger partial charge < -0.3 is 15.2 Å². The minimum atomic E-state index is -0.694. The Kier molecular flexibility index (Phi) is 17.6. The van der Waals surface area contributed by atoms with E-state index in [4.69, 9.17) is 4.74 Å². The predicted octanol–water partition coefficient (Wildman–Crippen LogP) is 6.56. The van der Waals surface area contributed by atoms with Crippen molar-refractivity contribution in [2.45, 2.75) is 72.1 Å². The molecule has 0 aliphatic rings. The van der Waals surface area contributed by atoms with E-state index in [-0.39, 0.29) is 10.9 Å². The van der Waals surface area contributed by atoms with Crippen LogP contribution >= 0.6 is 0 Å². The molecule has 0 aliphatic carbocycles. The maximum absolute atomic E-state index is 12.7. The van der Waals surface area contributed by atoms with Crippen LogP contribution in [0.3, 0.4) is 0 Å². The Morgan fingerprint density at radius 1 is 1.10 bits per heavy atom. The second kappa shape index (κ2) is 18.9. The van der Waals surface area contributed by atoms with Crippen LogP contribution in [0.4, 0.5) is 9.28 Å². The third kappa shape index (κ3) is 14.9. The van der Waals surface area contributed by atoms with Crippen LogP contribution in [0.25, 0.3) is 0 Å². The number of aliphatic hydroxyl groups is 1. The number of halogens is 1. The largest absolute Gasteiger partial charge is 0.508 e. The number of rotatable bonds is 16. The number of carbonyl (C=O) groups excluding carboxylic acids is 1. The van der Waals surface area contributed by atoms with Gasteiger partial charge in [0.15, 0.2) is 0 Å². The number of unbranched alkanes of at least 4 members (excludes halogenated alkanes) is 1. The number of amides is 2. The van der Waals surface area contributed by atoms with Gasteiger partial charge in [0.2, 0.25) is 0 Å². The molecule has 0 heterocycles. The number of allylic oxidation sites excluding steroid dienone is 6. The molecule has 0 aliphatic heterocycles. The van der Waals surface area contributed by atoms with E-state index in [1.54, 1.807) is 19.1 Å². The summed E-state index contributed by atoms with van der Waals surface area (Å²) in [7, 11) is 1.09. The highest BCUT2D eigenvalue weighted by atomic mass is 19.2. The van der Waals surface area contributed by atoms with Gasteiger partial charge >= 0.3 is 6.03 Å². The summed E-state index contributed by atoms with van der Waals surface area (Å²) in [4.78, 5) is 11.2. The van der Waals surface area contributed by atoms with E-state index < -0.39 is 6.03 Å². The molecule has 2 amide bonds. The molecule has 30 heavy (non-hydrogen) atoms. The average Bonchev–Trinajstić information content (AvgIpc) is 2.74. The van der Waals surface area contributed by atoms with E-state index in [0.29, 0.717) is 13.2 Å². The molecule has 2 N–H and O–H groups in total. The summed E-state index contributed by atoms with van der Waals surface area (Å²) in [5.74, 6) is 0.275. The smallest absolute Gasteiger partial charge is 0.345 e. The van der Waals surface area contributed by atoms with Gasteiger partial charge in [-0.2, -0.15) is 5.12 Å². The summed E-state index contributed by atoms with van der Waals surface area (Å²) in [5.41, 5.74) is 2.83. The van der Waals surface area contributed by atoms with Gasteiger partial charge in [0.05, 0.1) is 6.61 Å². The van der Waals surface area contributed by atoms with Gasteiger partial charge in [-0.05, 0) is 76.0 Å². The Bertz CT molecular complexity index is 581. The van der Waals surface area contributed by atoms with Crippen molar-refractivity contribution in [1.82, 2.24) is 10.4 Å². The van der Waals surface area contributed by atoms with Gasteiger partial charge in [0, 0.05) is 20.2 Å². The predicted molar refractivity (Wildman–Crippen MR) is 123 cm³/mol. The topological polar surface area (TPSA) is 61.8 Å². The Balaban J connectivity index is 4.37. The van der Waals surface area contributed by atoms with Crippen LogP contribution in [0.1, 0.15) is 72.1 Å². The number of hydrogen-bond donors (Lipinski definition) is 2. The van der Waals surface area contributed by atoms with E-state index in [1.165, 1.54) is 11.1 Å². The number of aliphatic hydroxyl groups excluding tert-OH is 1. The maximum Gasteiger partial charge on any atom is 0.345 e. The number of carbonyl (C=O) groups is 1. The molecule has 0 radical (unpaired) electrons. The molecule has 172 valence electrons. The van der Waals surface area contributed by atoms with E-state index in [9.17, 15) is 14.4 Å². The summed E-state index contributed by atoms with van der Waals surface area (Å²) < 4.78 is 18.4. The molecule has 6 heteroatoms. The molecular weight excluding hydrogens is 383 g/mol. The molecule has 0 unspecified atom stereocenters. The lowest BCUT2D eigenvalue weighted by atomic mass is 9.96. The lowest BCUT2D eigenvalue weighted by Crippen LogP contribution is -2.32. The first-order valence-corrected chi connectivity index (χ1v) is 11.1. The van der Waals surface area contributed by atoms with Gasteiger partial charge in [-0.3, -0.25) is 0 Å². The van der Waals surface area contributed by atoms with Crippen molar-refractivity contribution in [3.8, 4) is 0 Å². The van der Waals surface area contributed by atoms with Gasteiger partial charge in [-0.25, -0.2) is 4.79 Å². The Morgan fingerprint density at radius 3 is 2.50 bits per heavy atom. The van der Waals surface area contributed by atoms with Crippen LogP contribution in [-0.4, -0.2) is 43.1 Å². The number of hydrogen-bond acceptors (Lipinski definition) is 3. The van der Waals surface area contributed by atoms with E-state index in [1.807, 2.05) is 6.08 Å². The number of ether oxygens (including phenoxy) is 1. The Hall–Kier alpha value is -2.08. The fourth-order valence-corrected chi connectivity index (χ4v) is 2.89. The normalized spacial score (nSPS) is 13.2. The quantitative estimate of drug-likeness (QED) is 0.128. The van der Waals surface area contributed by atoms with Crippen molar-refractivity contribution in [3.63, 3.8) is 0 Å². The van der Waals surface area contributed by atoms with Crippen molar-refractivity contribution >= 4 is 6.03 Å². The van der Waals surface area contributed by atoms with Crippen LogP contribution < -0.4 is 5.32 Å². The van der Waals surface area contributed by atoms with Crippen LogP contribution in [-0.2, 0) is 4.74 Å². The molecule has 0 spiro atoms. The highest BCUT2D eigenvalue weighted by molar-refractivity contribution is 5.72. The highest BCUT2D eigenvalue weighted by Crippen LogP contribution is 2.21. The molecule has 0 aromatic heterocycles. The van der Waals surface area contributed by atoms with Crippen molar-refractivity contribution in [3.05, 3.63) is 47.3 Å². The molecule has 5 nitrogen and oxygen atoms in total. The monoisotopic (exact) mass is 424 g/mol. The minimum Gasteiger partial charge on any atom is -0.508 e. The SMILES string of the molecule is C/C=C(O)\C=C/CCOCCC/C(CC)=C(/C=C\CC)CCCCNC(=O)N(C)F. The summed E-state index contributed by atoms with van der Waals surface area (Å²) in [6, 6.07) is -0.694. The van der Waals surface area contributed by atoms with Crippen LogP contribution in [0, 0.1) is 0 Å². The first-order valence-electron chi connectivity index (χ1n) is 11.1. The lowest BCUT2D eigenvalue weighted by Gasteiger charge is -2.13. The molecule has 0 bridgehead atoms. The highest BCUT2D eigenvalue weighted by Gasteiger charge is 2.06. The van der Waals surface area contributed by atoms with Gasteiger partial charge in [0.1, 0.15) is 5.76 Å². The van der Waals surface area contributed by atoms with Gasteiger partial charge in [0.25, 0.3) is 0 Å². The van der Waals surface area contributed by atoms with Crippen molar-refractivity contribution in [2.24, 2.45) is 0 Å². The molecular formula is C24H41FN2O3. The Labute approximate surface area is 182 Å². The molecule has 0 atom stereocenters. The van der Waals surface area contributed by atoms with Crippen LogP contribution in [0.5, 0.6) is 0 Å². The second-order valence-electron chi connectivity index (χ2n) is 7.08. The molecule has 0 saturated heterocycles. The molecule has 0 fully saturated rings. The third-order valence-corrected chi connectivity index (χ3v) is 4.65. The fraction of sp³-hybridized carbons (Fsp3) is 0.625. The standard InChI is InChI=1S/C24H41FN2O3/c1-5-8-14-22(15-9-11-18-26-24(29)27(4)25)21(6-2)16-13-20-30-19-12-10-17-23(28)7-3/h7-8,10,14,17,28H,5-6,9,11-13,15-16,18-20H2,1-4H3,(H,26,29)/b14-8-,17-10-,22-21-,23-7+. The van der Waals surface area contributed by atoms with E-state index >= 15 is 0 Å². The van der Waals surface area contributed by atoms with E-state index in [2.05, 4.69) is 31.3 Å². The van der Waals surface area contributed by atoms with Gasteiger partial charge in [-0.1, -0.05) is 42.1 Å². The lowest BCUT2D eigenvalue weighted by molar-refractivity contribution is 0.0937. The van der Waals surface area contributed by atoms with Crippen molar-refractivity contribution in [2.75, 3.05) is 26.8 Å². The molecule has 0 aromatic rings. The maximum atomic E-state index is 12.7. The number of nitrogens with zero attached hydrogens (tertiary/aromatic N) is 1. The zero-order valence-corrected chi connectivity index (χ0v) is 19.3. The summed E-state index contributed by atoms with van der Waals surface area (Å²) >= 11 is 0. The van der Waals surface area contributed by atoms with Crippen molar-refractivity contribution in [1.29, 1.82) is 0 Å². The number of nitrogens with one attached hydrogen (secondary N) is 1. The molecule has 0 aromatic carbocycles. The average molecular weight is 425 g/mol.